The molecule has 2 aromatic heterocycles. The predicted octanol–water partition coefficient (Wildman–Crippen LogP) is 4.29. The number of hydrogen-bond acceptors (Lipinski definition) is 2. The van der Waals surface area contributed by atoms with E-state index in [0.717, 1.165) is 45.0 Å². The molecule has 1 atom stereocenters. The summed E-state index contributed by atoms with van der Waals surface area (Å²) in [7, 11) is 1.84. The van der Waals surface area contributed by atoms with Crippen molar-refractivity contribution in [3.8, 4) is 0 Å². The van der Waals surface area contributed by atoms with E-state index in [1.807, 2.05) is 36.3 Å². The van der Waals surface area contributed by atoms with Crippen molar-refractivity contribution in [2.24, 2.45) is 0 Å². The molecule has 1 aliphatic carbocycles. The fraction of sp³-hybridized carbons (Fsp3) is 0.308. The van der Waals surface area contributed by atoms with Crippen LogP contribution in [0.15, 0.2) is 48.7 Å². The SMILES string of the molecule is CN(C(=O)CCc1c[nH]c2ccccc12)[C@H]1CCc2c(c3cc(F)ccc3n2CC(=O)O)C1. The number of carbonyl (C=O) groups is 2. The monoisotopic (exact) mass is 447 g/mol. The topological polar surface area (TPSA) is 78.3 Å². The number of aliphatic carboxylic acids is 1. The Morgan fingerprint density at radius 1 is 1.21 bits per heavy atom. The zero-order valence-corrected chi connectivity index (χ0v) is 18.5. The molecular weight excluding hydrogens is 421 g/mol. The van der Waals surface area contributed by atoms with Gasteiger partial charge in [0.05, 0.1) is 0 Å². The minimum absolute atomic E-state index is 0.000106. The Bertz CT molecular complexity index is 1370. The summed E-state index contributed by atoms with van der Waals surface area (Å²) in [6, 6.07) is 12.6. The first-order chi connectivity index (χ1) is 15.9. The van der Waals surface area contributed by atoms with E-state index < -0.39 is 5.97 Å². The predicted molar refractivity (Wildman–Crippen MR) is 125 cm³/mol. The maximum atomic E-state index is 14.0. The third kappa shape index (κ3) is 3.88. The Morgan fingerprint density at radius 2 is 2.03 bits per heavy atom. The van der Waals surface area contributed by atoms with Crippen molar-refractivity contribution in [2.45, 2.75) is 44.7 Å². The number of aromatic nitrogens is 2. The lowest BCUT2D eigenvalue weighted by Gasteiger charge is -2.32. The molecule has 0 bridgehead atoms. The van der Waals surface area contributed by atoms with Gasteiger partial charge in [-0.3, -0.25) is 9.59 Å². The second kappa shape index (κ2) is 8.39. The summed E-state index contributed by atoms with van der Waals surface area (Å²) in [4.78, 5) is 29.5. The van der Waals surface area contributed by atoms with E-state index in [-0.39, 0.29) is 24.3 Å². The number of carboxylic acid groups (broad SMARTS) is 1. The third-order valence-electron chi connectivity index (χ3n) is 6.92. The molecule has 0 fully saturated rings. The molecule has 0 unspecified atom stereocenters. The first-order valence-corrected chi connectivity index (χ1v) is 11.2. The van der Waals surface area contributed by atoms with E-state index in [2.05, 4.69) is 11.1 Å². The molecule has 170 valence electrons. The van der Waals surface area contributed by atoms with Gasteiger partial charge >= 0.3 is 5.97 Å². The lowest BCUT2D eigenvalue weighted by atomic mass is 9.90. The number of rotatable bonds is 6. The summed E-state index contributed by atoms with van der Waals surface area (Å²) >= 11 is 0. The summed E-state index contributed by atoms with van der Waals surface area (Å²) in [6.07, 6.45) is 5.05. The van der Waals surface area contributed by atoms with Gasteiger partial charge in [0.1, 0.15) is 12.4 Å². The molecule has 0 saturated carbocycles. The summed E-state index contributed by atoms with van der Waals surface area (Å²) in [5.74, 6) is -1.19. The molecule has 1 aliphatic rings. The number of fused-ring (bicyclic) bond motifs is 4. The maximum Gasteiger partial charge on any atom is 0.323 e. The van der Waals surface area contributed by atoms with Gasteiger partial charge in [-0.15, -0.1) is 0 Å². The number of aromatic amines is 1. The van der Waals surface area contributed by atoms with Crippen LogP contribution in [-0.4, -0.2) is 44.5 Å². The number of amides is 1. The fourth-order valence-electron chi connectivity index (χ4n) is 5.21. The van der Waals surface area contributed by atoms with Crippen LogP contribution >= 0.6 is 0 Å². The summed E-state index contributed by atoms with van der Waals surface area (Å²) in [6.45, 7) is -0.151. The summed E-state index contributed by atoms with van der Waals surface area (Å²) in [5, 5.41) is 11.3. The maximum absolute atomic E-state index is 14.0. The van der Waals surface area contributed by atoms with E-state index in [9.17, 15) is 19.1 Å². The Labute approximate surface area is 190 Å². The van der Waals surface area contributed by atoms with E-state index in [0.29, 0.717) is 25.7 Å². The lowest BCUT2D eigenvalue weighted by molar-refractivity contribution is -0.137. The van der Waals surface area contributed by atoms with Crippen molar-refractivity contribution in [3.05, 3.63) is 71.3 Å². The van der Waals surface area contributed by atoms with E-state index in [1.54, 1.807) is 10.6 Å². The van der Waals surface area contributed by atoms with Crippen molar-refractivity contribution < 1.29 is 19.1 Å². The standard InChI is InChI=1S/C26H26FN3O3/c1-29(25(31)11-6-16-14-28-22-5-3-2-4-19(16)22)18-8-10-24-21(13-18)20-12-17(27)7-9-23(20)30(24)15-26(32)33/h2-5,7,9,12,14,18,28H,6,8,10-11,13,15H2,1H3,(H,32,33)/t18-/m0/s1. The van der Waals surface area contributed by atoms with Crippen LogP contribution in [0, 0.1) is 5.82 Å². The number of H-pyrrole nitrogens is 1. The van der Waals surface area contributed by atoms with Gasteiger partial charge in [-0.25, -0.2) is 4.39 Å². The van der Waals surface area contributed by atoms with Gasteiger partial charge in [-0.2, -0.15) is 0 Å². The van der Waals surface area contributed by atoms with Crippen LogP contribution in [0.3, 0.4) is 0 Å². The first-order valence-electron chi connectivity index (χ1n) is 11.2. The van der Waals surface area contributed by atoms with Crippen molar-refractivity contribution in [1.82, 2.24) is 14.5 Å². The van der Waals surface area contributed by atoms with Gasteiger partial charge < -0.3 is 19.6 Å². The number of carboxylic acids is 1. The molecule has 1 amide bonds. The third-order valence-corrected chi connectivity index (χ3v) is 6.92. The molecule has 4 aromatic rings. The van der Waals surface area contributed by atoms with Gasteiger partial charge in [0, 0.05) is 53.2 Å². The Hall–Kier alpha value is -3.61. The number of nitrogens with one attached hydrogen (secondary N) is 1. The van der Waals surface area contributed by atoms with Crippen LogP contribution in [0.2, 0.25) is 0 Å². The number of halogens is 1. The highest BCUT2D eigenvalue weighted by atomic mass is 19.1. The molecule has 7 heteroatoms. The van der Waals surface area contributed by atoms with Gasteiger partial charge in [0.2, 0.25) is 5.91 Å². The number of carbonyl (C=O) groups excluding carboxylic acids is 1. The van der Waals surface area contributed by atoms with Gasteiger partial charge in [-0.1, -0.05) is 18.2 Å². The highest BCUT2D eigenvalue weighted by Gasteiger charge is 2.30. The molecule has 0 radical (unpaired) electrons. The Morgan fingerprint density at radius 3 is 2.85 bits per heavy atom. The van der Waals surface area contributed by atoms with E-state index in [1.165, 1.54) is 12.1 Å². The molecule has 33 heavy (non-hydrogen) atoms. The number of likely N-dealkylation sites (N-methyl/N-ethyl adjacent to an activating group) is 1. The molecule has 5 rings (SSSR count). The molecular formula is C26H26FN3O3. The zero-order valence-electron chi connectivity index (χ0n) is 18.5. The molecule has 2 heterocycles. The quantitative estimate of drug-likeness (QED) is 0.463. The molecule has 2 aromatic carbocycles. The van der Waals surface area contributed by atoms with Crippen LogP contribution in [0.5, 0.6) is 0 Å². The minimum atomic E-state index is -0.925. The normalized spacial score (nSPS) is 15.6. The van der Waals surface area contributed by atoms with Crippen LogP contribution in [-0.2, 0) is 35.4 Å². The van der Waals surface area contributed by atoms with Crippen LogP contribution in [0.1, 0.15) is 29.7 Å². The number of nitrogens with zero attached hydrogens (tertiary/aromatic N) is 2. The molecule has 0 aliphatic heterocycles. The summed E-state index contributed by atoms with van der Waals surface area (Å²) < 4.78 is 15.8. The highest BCUT2D eigenvalue weighted by molar-refractivity contribution is 5.88. The van der Waals surface area contributed by atoms with Crippen molar-refractivity contribution >= 4 is 33.7 Å². The van der Waals surface area contributed by atoms with E-state index >= 15 is 0 Å². The van der Waals surface area contributed by atoms with Crippen molar-refractivity contribution in [2.75, 3.05) is 7.05 Å². The molecule has 2 N–H and O–H groups in total. The number of para-hydroxylation sites is 1. The van der Waals surface area contributed by atoms with Crippen molar-refractivity contribution in [3.63, 3.8) is 0 Å². The second-order valence-electron chi connectivity index (χ2n) is 8.83. The number of hydrogen-bond donors (Lipinski definition) is 2. The molecule has 0 spiro atoms. The van der Waals surface area contributed by atoms with Gasteiger partial charge in [-0.05, 0) is 61.1 Å². The Kier molecular flexibility index (Phi) is 5.40. The average Bonchev–Trinajstić information content (AvgIpc) is 3.35. The number of benzene rings is 2. The smallest absolute Gasteiger partial charge is 0.323 e. The van der Waals surface area contributed by atoms with Gasteiger partial charge in [0.15, 0.2) is 0 Å². The largest absolute Gasteiger partial charge is 0.480 e. The average molecular weight is 448 g/mol. The minimum Gasteiger partial charge on any atom is -0.480 e. The summed E-state index contributed by atoms with van der Waals surface area (Å²) in [5.41, 5.74) is 4.83. The number of aryl methyl sites for hydroxylation is 1. The fourth-order valence-corrected chi connectivity index (χ4v) is 5.21. The Balaban J connectivity index is 1.35. The van der Waals surface area contributed by atoms with Crippen LogP contribution in [0.4, 0.5) is 4.39 Å². The van der Waals surface area contributed by atoms with E-state index in [4.69, 9.17) is 0 Å². The molecule has 6 nitrogen and oxygen atoms in total. The van der Waals surface area contributed by atoms with Crippen LogP contribution in [0.25, 0.3) is 21.8 Å². The highest BCUT2D eigenvalue weighted by Crippen LogP contribution is 2.34. The van der Waals surface area contributed by atoms with Gasteiger partial charge in [0.25, 0.3) is 0 Å². The lowest BCUT2D eigenvalue weighted by Crippen LogP contribution is -2.40. The second-order valence-corrected chi connectivity index (χ2v) is 8.83. The zero-order chi connectivity index (χ0) is 23.1. The first kappa shape index (κ1) is 21.2. The van der Waals surface area contributed by atoms with Crippen LogP contribution < -0.4 is 0 Å². The van der Waals surface area contributed by atoms with Crippen molar-refractivity contribution in [1.29, 1.82) is 0 Å². The molecule has 0 saturated heterocycles.